The molecular weight excluding hydrogens is 340 g/mol. The molecule has 0 unspecified atom stereocenters. The monoisotopic (exact) mass is 360 g/mol. The van der Waals surface area contributed by atoms with Gasteiger partial charge < -0.3 is 18.9 Å². The van der Waals surface area contributed by atoms with Gasteiger partial charge in [-0.3, -0.25) is 0 Å². The third kappa shape index (κ3) is 9.57. The second-order valence-corrected chi connectivity index (χ2v) is 4.82. The minimum atomic E-state index is -0.334. The van der Waals surface area contributed by atoms with Crippen LogP contribution in [-0.2, 0) is 18.9 Å². The van der Waals surface area contributed by atoms with Gasteiger partial charge in [0.1, 0.15) is 6.61 Å². The fourth-order valence-corrected chi connectivity index (χ4v) is 1.68. The van der Waals surface area contributed by atoms with E-state index in [1.54, 1.807) is 24.3 Å². The van der Waals surface area contributed by atoms with Crippen LogP contribution in [0.2, 0.25) is 0 Å². The van der Waals surface area contributed by atoms with Gasteiger partial charge in [0, 0.05) is 5.33 Å². The molecule has 118 valence electrons. The van der Waals surface area contributed by atoms with Crippen LogP contribution in [0.1, 0.15) is 10.4 Å². The highest BCUT2D eigenvalue weighted by atomic mass is 79.9. The molecule has 0 saturated carbocycles. The minimum Gasteiger partial charge on any atom is -0.460 e. The number of hydrogen-bond donors (Lipinski definition) is 0. The molecule has 0 radical (unpaired) electrons. The van der Waals surface area contributed by atoms with Crippen molar-refractivity contribution in [1.82, 2.24) is 0 Å². The van der Waals surface area contributed by atoms with Gasteiger partial charge in [0.25, 0.3) is 0 Å². The highest BCUT2D eigenvalue weighted by Gasteiger charge is 2.04. The summed E-state index contributed by atoms with van der Waals surface area (Å²) < 4.78 is 20.9. The Bertz CT molecular complexity index is 372. The Labute approximate surface area is 133 Å². The van der Waals surface area contributed by atoms with E-state index in [1.165, 1.54) is 0 Å². The summed E-state index contributed by atoms with van der Waals surface area (Å²) in [7, 11) is 0. The van der Waals surface area contributed by atoms with Crippen molar-refractivity contribution in [3.05, 3.63) is 35.9 Å². The van der Waals surface area contributed by atoms with Crippen LogP contribution in [0, 0.1) is 0 Å². The average molecular weight is 361 g/mol. The van der Waals surface area contributed by atoms with E-state index in [-0.39, 0.29) is 12.6 Å². The molecule has 0 aliphatic rings. The van der Waals surface area contributed by atoms with Crippen molar-refractivity contribution < 1.29 is 23.7 Å². The van der Waals surface area contributed by atoms with Crippen molar-refractivity contribution in [2.75, 3.05) is 51.6 Å². The third-order valence-corrected chi connectivity index (χ3v) is 2.76. The molecule has 0 aromatic heterocycles. The molecule has 0 aliphatic carbocycles. The van der Waals surface area contributed by atoms with Crippen LogP contribution >= 0.6 is 15.9 Å². The molecule has 6 heteroatoms. The molecule has 0 aliphatic heterocycles. The quantitative estimate of drug-likeness (QED) is 0.325. The van der Waals surface area contributed by atoms with Crippen molar-refractivity contribution in [1.29, 1.82) is 0 Å². The molecule has 1 aromatic carbocycles. The summed E-state index contributed by atoms with van der Waals surface area (Å²) >= 11 is 3.27. The zero-order chi connectivity index (χ0) is 15.2. The lowest BCUT2D eigenvalue weighted by molar-refractivity contribution is 0.00210. The van der Waals surface area contributed by atoms with E-state index in [2.05, 4.69) is 15.9 Å². The lowest BCUT2D eigenvalue weighted by Crippen LogP contribution is -2.14. The second-order valence-electron chi connectivity index (χ2n) is 4.03. The molecule has 0 N–H and O–H groups in total. The summed E-state index contributed by atoms with van der Waals surface area (Å²) in [4.78, 5) is 11.6. The zero-order valence-corrected chi connectivity index (χ0v) is 13.5. The fraction of sp³-hybridized carbons (Fsp3) is 0.533. The van der Waals surface area contributed by atoms with Crippen LogP contribution in [0.15, 0.2) is 30.3 Å². The summed E-state index contributed by atoms with van der Waals surface area (Å²) in [5, 5.41) is 0.831. The maximum atomic E-state index is 11.6. The number of rotatable bonds is 12. The number of esters is 1. The highest BCUT2D eigenvalue weighted by Crippen LogP contribution is 2.00. The van der Waals surface area contributed by atoms with Crippen molar-refractivity contribution in [2.24, 2.45) is 0 Å². The summed E-state index contributed by atoms with van der Waals surface area (Å²) in [6.45, 7) is 3.40. The van der Waals surface area contributed by atoms with Gasteiger partial charge >= 0.3 is 5.97 Å². The van der Waals surface area contributed by atoms with E-state index in [0.717, 1.165) is 5.33 Å². The number of benzene rings is 1. The molecule has 21 heavy (non-hydrogen) atoms. The number of halogens is 1. The van der Waals surface area contributed by atoms with Gasteiger partial charge in [-0.1, -0.05) is 34.1 Å². The average Bonchev–Trinajstić information content (AvgIpc) is 2.53. The van der Waals surface area contributed by atoms with Crippen molar-refractivity contribution in [3.8, 4) is 0 Å². The molecule has 0 heterocycles. The van der Waals surface area contributed by atoms with Gasteiger partial charge in [-0.2, -0.15) is 0 Å². The molecule has 1 aromatic rings. The first-order valence-electron chi connectivity index (χ1n) is 6.86. The Morgan fingerprint density at radius 1 is 0.810 bits per heavy atom. The Kier molecular flexibility index (Phi) is 11.0. The van der Waals surface area contributed by atoms with Gasteiger partial charge in [-0.25, -0.2) is 4.79 Å². The Morgan fingerprint density at radius 2 is 1.33 bits per heavy atom. The molecule has 0 saturated heterocycles. The molecule has 5 nitrogen and oxygen atoms in total. The topological polar surface area (TPSA) is 54.0 Å². The SMILES string of the molecule is O=C(OCCOCCOCCOCCBr)c1ccccc1. The molecule has 0 bridgehead atoms. The maximum Gasteiger partial charge on any atom is 0.338 e. The van der Waals surface area contributed by atoms with Gasteiger partial charge in [0.2, 0.25) is 0 Å². The third-order valence-electron chi connectivity index (χ3n) is 2.44. The molecule has 0 fully saturated rings. The normalized spacial score (nSPS) is 10.5. The fourth-order valence-electron chi connectivity index (χ4n) is 1.45. The van der Waals surface area contributed by atoms with Gasteiger partial charge in [0.15, 0.2) is 0 Å². The van der Waals surface area contributed by atoms with Gasteiger partial charge in [0.05, 0.1) is 45.2 Å². The smallest absolute Gasteiger partial charge is 0.338 e. The molecule has 1 rings (SSSR count). The van der Waals surface area contributed by atoms with Gasteiger partial charge in [-0.05, 0) is 12.1 Å². The van der Waals surface area contributed by atoms with Crippen LogP contribution in [-0.4, -0.2) is 57.5 Å². The van der Waals surface area contributed by atoms with E-state index in [9.17, 15) is 4.79 Å². The predicted molar refractivity (Wildman–Crippen MR) is 83.0 cm³/mol. The van der Waals surface area contributed by atoms with Crippen LogP contribution in [0.3, 0.4) is 0 Å². The first-order valence-corrected chi connectivity index (χ1v) is 7.98. The number of carbonyl (C=O) groups excluding carboxylic acids is 1. The first kappa shape index (κ1) is 18.1. The van der Waals surface area contributed by atoms with Gasteiger partial charge in [-0.15, -0.1) is 0 Å². The predicted octanol–water partition coefficient (Wildman–Crippen LogP) is 2.29. The summed E-state index contributed by atoms with van der Waals surface area (Å²) in [5.41, 5.74) is 0.546. The Morgan fingerprint density at radius 3 is 1.90 bits per heavy atom. The van der Waals surface area contributed by atoms with Crippen LogP contribution in [0.4, 0.5) is 0 Å². The standard InChI is InChI=1S/C15H21BrO5/c16-6-7-18-8-9-19-10-11-20-12-13-21-15(17)14-4-2-1-3-5-14/h1-5H,6-13H2. The lowest BCUT2D eigenvalue weighted by atomic mass is 10.2. The summed E-state index contributed by atoms with van der Waals surface area (Å²) in [5.74, 6) is -0.334. The van der Waals surface area contributed by atoms with Crippen LogP contribution in [0.25, 0.3) is 0 Å². The van der Waals surface area contributed by atoms with Crippen molar-refractivity contribution in [3.63, 3.8) is 0 Å². The minimum absolute atomic E-state index is 0.238. The Balaban J connectivity index is 1.88. The van der Waals surface area contributed by atoms with Crippen LogP contribution in [0.5, 0.6) is 0 Å². The maximum absolute atomic E-state index is 11.6. The van der Waals surface area contributed by atoms with E-state index in [1.807, 2.05) is 6.07 Å². The number of alkyl halides is 1. The van der Waals surface area contributed by atoms with E-state index in [0.29, 0.717) is 45.2 Å². The molecular formula is C15H21BrO5. The molecule has 0 amide bonds. The lowest BCUT2D eigenvalue weighted by Gasteiger charge is -2.07. The number of carbonyl (C=O) groups is 1. The van der Waals surface area contributed by atoms with E-state index >= 15 is 0 Å². The Hall–Kier alpha value is -0.950. The molecule has 0 atom stereocenters. The number of hydrogen-bond acceptors (Lipinski definition) is 5. The van der Waals surface area contributed by atoms with Crippen molar-refractivity contribution >= 4 is 21.9 Å². The van der Waals surface area contributed by atoms with E-state index in [4.69, 9.17) is 18.9 Å². The zero-order valence-electron chi connectivity index (χ0n) is 12.0. The van der Waals surface area contributed by atoms with Crippen molar-refractivity contribution in [2.45, 2.75) is 0 Å². The highest BCUT2D eigenvalue weighted by molar-refractivity contribution is 9.09. The van der Waals surface area contributed by atoms with E-state index < -0.39 is 0 Å². The van der Waals surface area contributed by atoms with Crippen LogP contribution < -0.4 is 0 Å². The first-order chi connectivity index (χ1) is 10.3. The number of ether oxygens (including phenoxy) is 4. The summed E-state index contributed by atoms with van der Waals surface area (Å²) in [6, 6.07) is 8.88. The largest absolute Gasteiger partial charge is 0.460 e. The molecule has 0 spiro atoms. The summed E-state index contributed by atoms with van der Waals surface area (Å²) in [6.07, 6.45) is 0. The second kappa shape index (κ2) is 12.8.